The van der Waals surface area contributed by atoms with Gasteiger partial charge < -0.3 is 14.8 Å². The molecule has 2 aromatic carbocycles. The highest BCUT2D eigenvalue weighted by molar-refractivity contribution is 9.10. The summed E-state index contributed by atoms with van der Waals surface area (Å²) in [5.41, 5.74) is 1.91. The summed E-state index contributed by atoms with van der Waals surface area (Å²) in [5, 5.41) is 4.07. The zero-order valence-electron chi connectivity index (χ0n) is 12.1. The lowest BCUT2D eigenvalue weighted by Gasteiger charge is -2.20. The lowest BCUT2D eigenvalue weighted by Crippen LogP contribution is -2.08. The fourth-order valence-electron chi connectivity index (χ4n) is 2.10. The van der Waals surface area contributed by atoms with Crippen molar-refractivity contribution < 1.29 is 9.47 Å². The SMILES string of the molecule is COc1ccc(C(C)Nc2cc(Br)ccc2Cl)c(OC)c1. The second kappa shape index (κ2) is 7.05. The summed E-state index contributed by atoms with van der Waals surface area (Å²) in [4.78, 5) is 0. The summed E-state index contributed by atoms with van der Waals surface area (Å²) >= 11 is 9.66. The van der Waals surface area contributed by atoms with Crippen LogP contribution in [0.5, 0.6) is 11.5 Å². The highest BCUT2D eigenvalue weighted by atomic mass is 79.9. The largest absolute Gasteiger partial charge is 0.497 e. The first-order valence-corrected chi connectivity index (χ1v) is 7.65. The Morgan fingerprint density at radius 3 is 2.52 bits per heavy atom. The van der Waals surface area contributed by atoms with Crippen molar-refractivity contribution in [3.63, 3.8) is 0 Å². The Morgan fingerprint density at radius 2 is 1.86 bits per heavy atom. The van der Waals surface area contributed by atoms with Gasteiger partial charge in [0.1, 0.15) is 11.5 Å². The van der Waals surface area contributed by atoms with E-state index in [-0.39, 0.29) is 6.04 Å². The lowest BCUT2D eigenvalue weighted by molar-refractivity contribution is 0.390. The Kier molecular flexibility index (Phi) is 5.37. The van der Waals surface area contributed by atoms with Crippen molar-refractivity contribution in [3.8, 4) is 11.5 Å². The zero-order valence-corrected chi connectivity index (χ0v) is 14.5. The fourth-order valence-corrected chi connectivity index (χ4v) is 2.63. The van der Waals surface area contributed by atoms with Crippen LogP contribution in [0.1, 0.15) is 18.5 Å². The number of hydrogen-bond donors (Lipinski definition) is 1. The van der Waals surface area contributed by atoms with Crippen molar-refractivity contribution in [2.75, 3.05) is 19.5 Å². The first-order valence-electron chi connectivity index (χ1n) is 6.48. The number of rotatable bonds is 5. The molecule has 21 heavy (non-hydrogen) atoms. The summed E-state index contributed by atoms with van der Waals surface area (Å²) in [6.07, 6.45) is 0. The van der Waals surface area contributed by atoms with Gasteiger partial charge in [0.05, 0.1) is 31.0 Å². The Bertz CT molecular complexity index is 634. The van der Waals surface area contributed by atoms with E-state index in [9.17, 15) is 0 Å². The molecular weight excluding hydrogens is 354 g/mol. The second-order valence-corrected chi connectivity index (χ2v) is 5.92. The first kappa shape index (κ1) is 16.0. The minimum Gasteiger partial charge on any atom is -0.497 e. The molecule has 5 heteroatoms. The van der Waals surface area contributed by atoms with Gasteiger partial charge in [-0.15, -0.1) is 0 Å². The van der Waals surface area contributed by atoms with E-state index in [1.807, 2.05) is 36.4 Å². The summed E-state index contributed by atoms with van der Waals surface area (Å²) in [7, 11) is 3.29. The highest BCUT2D eigenvalue weighted by Gasteiger charge is 2.14. The van der Waals surface area contributed by atoms with Crippen LogP contribution in [-0.2, 0) is 0 Å². The van der Waals surface area contributed by atoms with Crippen LogP contribution in [0.2, 0.25) is 5.02 Å². The van der Waals surface area contributed by atoms with Crippen molar-refractivity contribution in [3.05, 3.63) is 51.5 Å². The molecule has 2 aromatic rings. The van der Waals surface area contributed by atoms with Crippen LogP contribution in [-0.4, -0.2) is 14.2 Å². The topological polar surface area (TPSA) is 30.5 Å². The molecule has 0 radical (unpaired) electrons. The number of benzene rings is 2. The van der Waals surface area contributed by atoms with Crippen LogP contribution in [0.15, 0.2) is 40.9 Å². The Morgan fingerprint density at radius 1 is 1.10 bits per heavy atom. The van der Waals surface area contributed by atoms with E-state index in [2.05, 4.69) is 28.2 Å². The zero-order chi connectivity index (χ0) is 15.4. The highest BCUT2D eigenvalue weighted by Crippen LogP contribution is 2.33. The second-order valence-electron chi connectivity index (χ2n) is 4.60. The molecule has 0 aromatic heterocycles. The van der Waals surface area contributed by atoms with Crippen LogP contribution < -0.4 is 14.8 Å². The number of halogens is 2. The maximum atomic E-state index is 6.21. The molecule has 3 nitrogen and oxygen atoms in total. The summed E-state index contributed by atoms with van der Waals surface area (Å²) in [6.45, 7) is 2.06. The standard InChI is InChI=1S/C16H17BrClNO2/c1-10(19-15-8-11(17)4-7-14(15)18)13-6-5-12(20-2)9-16(13)21-3/h4-10,19H,1-3H3. The molecule has 0 amide bonds. The third-order valence-corrected chi connectivity index (χ3v) is 4.03. The molecule has 0 aliphatic carbocycles. The summed E-state index contributed by atoms with van der Waals surface area (Å²) in [5.74, 6) is 1.55. The van der Waals surface area contributed by atoms with E-state index in [1.54, 1.807) is 14.2 Å². The Hall–Kier alpha value is -1.39. The predicted octanol–water partition coefficient (Wildman–Crippen LogP) is 5.29. The van der Waals surface area contributed by atoms with Gasteiger partial charge in [-0.2, -0.15) is 0 Å². The fraction of sp³-hybridized carbons (Fsp3) is 0.250. The predicted molar refractivity (Wildman–Crippen MR) is 90.7 cm³/mol. The van der Waals surface area contributed by atoms with Gasteiger partial charge in [0.15, 0.2) is 0 Å². The van der Waals surface area contributed by atoms with Gasteiger partial charge in [0.25, 0.3) is 0 Å². The van der Waals surface area contributed by atoms with Crippen LogP contribution in [0.3, 0.4) is 0 Å². The molecule has 2 rings (SSSR count). The first-order chi connectivity index (χ1) is 10.0. The van der Waals surface area contributed by atoms with Gasteiger partial charge in [-0.05, 0) is 37.3 Å². The van der Waals surface area contributed by atoms with E-state index in [4.69, 9.17) is 21.1 Å². The number of ether oxygens (including phenoxy) is 2. The molecule has 0 bridgehead atoms. The van der Waals surface area contributed by atoms with Crippen LogP contribution in [0.25, 0.3) is 0 Å². The molecule has 1 N–H and O–H groups in total. The summed E-state index contributed by atoms with van der Waals surface area (Å²) in [6, 6.07) is 11.5. The molecule has 1 unspecified atom stereocenters. The van der Waals surface area contributed by atoms with Crippen molar-refractivity contribution in [1.82, 2.24) is 0 Å². The molecular formula is C16H17BrClNO2. The lowest BCUT2D eigenvalue weighted by atomic mass is 10.1. The average Bonchev–Trinajstić information content (AvgIpc) is 2.50. The Labute approximate surface area is 138 Å². The maximum absolute atomic E-state index is 6.21. The van der Waals surface area contributed by atoms with Crippen molar-refractivity contribution >= 4 is 33.2 Å². The molecule has 0 spiro atoms. The monoisotopic (exact) mass is 369 g/mol. The molecule has 112 valence electrons. The van der Waals surface area contributed by atoms with Gasteiger partial charge in [-0.1, -0.05) is 27.5 Å². The van der Waals surface area contributed by atoms with E-state index < -0.39 is 0 Å². The minimum absolute atomic E-state index is 0.0395. The van der Waals surface area contributed by atoms with Crippen molar-refractivity contribution in [2.45, 2.75) is 13.0 Å². The summed E-state index contributed by atoms with van der Waals surface area (Å²) < 4.78 is 11.6. The molecule has 0 fully saturated rings. The number of anilines is 1. The van der Waals surface area contributed by atoms with E-state index in [1.165, 1.54) is 0 Å². The molecule has 0 aliphatic rings. The molecule has 1 atom stereocenters. The molecule has 0 saturated carbocycles. The van der Waals surface area contributed by atoms with Gasteiger partial charge in [0, 0.05) is 16.1 Å². The van der Waals surface area contributed by atoms with Gasteiger partial charge in [-0.25, -0.2) is 0 Å². The van der Waals surface area contributed by atoms with Crippen LogP contribution in [0.4, 0.5) is 5.69 Å². The quantitative estimate of drug-likeness (QED) is 0.775. The molecule has 0 aliphatic heterocycles. The molecule has 0 heterocycles. The van der Waals surface area contributed by atoms with Crippen LogP contribution in [0, 0.1) is 0 Å². The van der Waals surface area contributed by atoms with Gasteiger partial charge in [0.2, 0.25) is 0 Å². The van der Waals surface area contributed by atoms with Crippen molar-refractivity contribution in [1.29, 1.82) is 0 Å². The normalized spacial score (nSPS) is 11.9. The minimum atomic E-state index is 0.0395. The third kappa shape index (κ3) is 3.83. The number of methoxy groups -OCH3 is 2. The van der Waals surface area contributed by atoms with Gasteiger partial charge >= 0.3 is 0 Å². The smallest absolute Gasteiger partial charge is 0.127 e. The maximum Gasteiger partial charge on any atom is 0.127 e. The number of hydrogen-bond acceptors (Lipinski definition) is 3. The average molecular weight is 371 g/mol. The van der Waals surface area contributed by atoms with E-state index in [0.717, 1.165) is 27.2 Å². The van der Waals surface area contributed by atoms with Crippen molar-refractivity contribution in [2.24, 2.45) is 0 Å². The van der Waals surface area contributed by atoms with Crippen LogP contribution >= 0.6 is 27.5 Å². The van der Waals surface area contributed by atoms with E-state index in [0.29, 0.717) is 5.02 Å². The Balaban J connectivity index is 2.27. The van der Waals surface area contributed by atoms with E-state index >= 15 is 0 Å². The van der Waals surface area contributed by atoms with Gasteiger partial charge in [-0.3, -0.25) is 0 Å². The third-order valence-electron chi connectivity index (χ3n) is 3.21. The molecule has 0 saturated heterocycles. The number of nitrogens with one attached hydrogen (secondary N) is 1.